The molecule has 1 saturated heterocycles. The van der Waals surface area contributed by atoms with E-state index >= 15 is 0 Å². The molecule has 130 valence electrons. The molecule has 0 bridgehead atoms. The van der Waals surface area contributed by atoms with Gasteiger partial charge in [-0.15, -0.1) is 5.10 Å². The number of hydrogen-bond acceptors (Lipinski definition) is 6. The van der Waals surface area contributed by atoms with Crippen LogP contribution in [0.4, 0.5) is 0 Å². The number of piperidine rings is 1. The van der Waals surface area contributed by atoms with E-state index in [4.69, 9.17) is 0 Å². The van der Waals surface area contributed by atoms with Gasteiger partial charge in [0, 0.05) is 12.6 Å². The van der Waals surface area contributed by atoms with Gasteiger partial charge in [-0.2, -0.15) is 4.68 Å². The number of carbonyl (C=O) groups is 2. The predicted molar refractivity (Wildman–Crippen MR) is 88.9 cm³/mol. The largest absolute Gasteiger partial charge is 0.316 e. The maximum absolute atomic E-state index is 13.2. The van der Waals surface area contributed by atoms with Crippen molar-refractivity contribution in [1.82, 2.24) is 30.4 Å². The number of tetrazole rings is 1. The third kappa shape index (κ3) is 3.17. The van der Waals surface area contributed by atoms with Gasteiger partial charge in [-0.05, 0) is 54.8 Å². The maximum Gasteiger partial charge on any atom is 0.262 e. The van der Waals surface area contributed by atoms with Crippen molar-refractivity contribution < 1.29 is 9.59 Å². The molecule has 2 aliphatic rings. The van der Waals surface area contributed by atoms with E-state index in [9.17, 15) is 9.59 Å². The Morgan fingerprint density at radius 3 is 2.72 bits per heavy atom. The average Bonchev–Trinajstić information content (AvgIpc) is 3.34. The molecule has 1 unspecified atom stereocenters. The van der Waals surface area contributed by atoms with Gasteiger partial charge in [-0.1, -0.05) is 12.1 Å². The first-order chi connectivity index (χ1) is 12.3. The van der Waals surface area contributed by atoms with Crippen molar-refractivity contribution in [2.45, 2.75) is 31.7 Å². The minimum Gasteiger partial charge on any atom is -0.316 e. The summed E-state index contributed by atoms with van der Waals surface area (Å²) < 4.78 is 1.45. The van der Waals surface area contributed by atoms with Crippen LogP contribution in [0.3, 0.4) is 0 Å². The number of nitrogens with zero attached hydrogens (tertiary/aromatic N) is 5. The van der Waals surface area contributed by atoms with Crippen LogP contribution in [0.15, 0.2) is 30.6 Å². The van der Waals surface area contributed by atoms with Gasteiger partial charge in [-0.25, -0.2) is 0 Å². The van der Waals surface area contributed by atoms with Crippen LogP contribution in [-0.2, 0) is 4.79 Å². The summed E-state index contributed by atoms with van der Waals surface area (Å²) in [5, 5.41) is 14.4. The lowest BCUT2D eigenvalue weighted by atomic mass is 9.97. The predicted octanol–water partition coefficient (Wildman–Crippen LogP) is 0.793. The van der Waals surface area contributed by atoms with E-state index in [2.05, 4.69) is 20.8 Å². The van der Waals surface area contributed by atoms with Crippen LogP contribution < -0.4 is 5.32 Å². The van der Waals surface area contributed by atoms with Crippen molar-refractivity contribution in [2.75, 3.05) is 13.1 Å². The number of benzene rings is 1. The Kier molecular flexibility index (Phi) is 4.27. The van der Waals surface area contributed by atoms with E-state index in [1.54, 1.807) is 18.2 Å². The molecule has 1 aromatic heterocycles. The van der Waals surface area contributed by atoms with Crippen LogP contribution in [0.2, 0.25) is 0 Å². The molecule has 1 aromatic carbocycles. The van der Waals surface area contributed by atoms with Crippen LogP contribution in [-0.4, -0.2) is 56.1 Å². The number of para-hydroxylation sites is 1. The topological polar surface area (TPSA) is 93.0 Å². The third-order valence-corrected chi connectivity index (χ3v) is 4.74. The fourth-order valence-corrected chi connectivity index (χ4v) is 3.29. The highest BCUT2D eigenvalue weighted by Gasteiger charge is 2.41. The summed E-state index contributed by atoms with van der Waals surface area (Å²) in [5.41, 5.74) is 1.02. The molecule has 2 heterocycles. The highest BCUT2D eigenvalue weighted by Crippen LogP contribution is 2.31. The Morgan fingerprint density at radius 1 is 1.20 bits per heavy atom. The Balaban J connectivity index is 1.65. The number of nitrogens with one attached hydrogen (secondary N) is 1. The summed E-state index contributed by atoms with van der Waals surface area (Å²) in [6, 6.07) is 7.13. The van der Waals surface area contributed by atoms with Gasteiger partial charge in [0.2, 0.25) is 5.91 Å². The standard InChI is InChI=1S/C17H20N6O2/c24-16(12-4-3-9-18-10-12)23(13-7-8-13)17(25)14-5-1-2-6-15(14)22-11-19-20-21-22/h1-2,5-6,11-13,18H,3-4,7-10H2. The Morgan fingerprint density at radius 2 is 2.04 bits per heavy atom. The fourth-order valence-electron chi connectivity index (χ4n) is 3.29. The number of aromatic nitrogens is 4. The second kappa shape index (κ2) is 6.72. The van der Waals surface area contributed by atoms with Gasteiger partial charge in [0.25, 0.3) is 5.91 Å². The minimum atomic E-state index is -0.260. The first kappa shape index (κ1) is 15.9. The molecule has 0 spiro atoms. The summed E-state index contributed by atoms with van der Waals surface area (Å²) in [5.74, 6) is -0.450. The first-order valence-electron chi connectivity index (χ1n) is 8.66. The summed E-state index contributed by atoms with van der Waals surface area (Å²) in [4.78, 5) is 27.7. The number of carbonyl (C=O) groups excluding carboxylic acids is 2. The zero-order valence-electron chi connectivity index (χ0n) is 13.8. The van der Waals surface area contributed by atoms with Gasteiger partial charge < -0.3 is 5.32 Å². The maximum atomic E-state index is 13.2. The van der Waals surface area contributed by atoms with Crippen molar-refractivity contribution in [1.29, 1.82) is 0 Å². The monoisotopic (exact) mass is 340 g/mol. The minimum absolute atomic E-state index is 0.0175. The van der Waals surface area contributed by atoms with Crippen molar-refractivity contribution >= 4 is 11.8 Å². The fraction of sp³-hybridized carbons (Fsp3) is 0.471. The lowest BCUT2D eigenvalue weighted by Crippen LogP contribution is -2.47. The second-order valence-electron chi connectivity index (χ2n) is 6.56. The molecule has 1 atom stereocenters. The Bertz CT molecular complexity index is 765. The molecule has 8 heteroatoms. The van der Waals surface area contributed by atoms with E-state index in [1.807, 2.05) is 6.07 Å². The summed E-state index contributed by atoms with van der Waals surface area (Å²) in [6.07, 6.45) is 5.00. The normalized spacial score (nSPS) is 20.2. The van der Waals surface area contributed by atoms with E-state index in [-0.39, 0.29) is 23.8 Å². The molecular weight excluding hydrogens is 320 g/mol. The molecule has 25 heavy (non-hydrogen) atoms. The second-order valence-corrected chi connectivity index (χ2v) is 6.56. The highest BCUT2D eigenvalue weighted by molar-refractivity contribution is 6.07. The van der Waals surface area contributed by atoms with Crippen LogP contribution in [0, 0.1) is 5.92 Å². The lowest BCUT2D eigenvalue weighted by molar-refractivity contribution is -0.133. The summed E-state index contributed by atoms with van der Waals surface area (Å²) in [6.45, 7) is 1.58. The lowest BCUT2D eigenvalue weighted by Gasteiger charge is -2.29. The van der Waals surface area contributed by atoms with Crippen molar-refractivity contribution in [3.63, 3.8) is 0 Å². The average molecular weight is 340 g/mol. The molecule has 1 N–H and O–H groups in total. The third-order valence-electron chi connectivity index (χ3n) is 4.74. The van der Waals surface area contributed by atoms with E-state index in [0.717, 1.165) is 32.2 Å². The molecule has 2 fully saturated rings. The van der Waals surface area contributed by atoms with Crippen molar-refractivity contribution in [3.8, 4) is 5.69 Å². The molecule has 1 aliphatic heterocycles. The molecule has 1 aliphatic carbocycles. The zero-order valence-corrected chi connectivity index (χ0v) is 13.8. The molecule has 1 saturated carbocycles. The van der Waals surface area contributed by atoms with E-state index < -0.39 is 0 Å². The van der Waals surface area contributed by atoms with Gasteiger partial charge in [0.15, 0.2) is 0 Å². The van der Waals surface area contributed by atoms with Crippen LogP contribution in [0.25, 0.3) is 5.69 Å². The van der Waals surface area contributed by atoms with E-state index in [0.29, 0.717) is 17.8 Å². The van der Waals surface area contributed by atoms with Gasteiger partial charge in [0.1, 0.15) is 6.33 Å². The molecule has 0 radical (unpaired) electrons. The Hall–Kier alpha value is -2.61. The number of hydrogen-bond donors (Lipinski definition) is 1. The van der Waals surface area contributed by atoms with Gasteiger partial charge >= 0.3 is 0 Å². The quantitative estimate of drug-likeness (QED) is 0.827. The van der Waals surface area contributed by atoms with Crippen LogP contribution in [0.1, 0.15) is 36.0 Å². The molecule has 8 nitrogen and oxygen atoms in total. The number of amides is 2. The summed E-state index contributed by atoms with van der Waals surface area (Å²) in [7, 11) is 0. The summed E-state index contributed by atoms with van der Waals surface area (Å²) >= 11 is 0. The zero-order chi connectivity index (χ0) is 17.2. The highest BCUT2D eigenvalue weighted by atomic mass is 16.2. The first-order valence-corrected chi connectivity index (χ1v) is 8.66. The van der Waals surface area contributed by atoms with Gasteiger partial charge in [0.05, 0.1) is 17.2 Å². The van der Waals surface area contributed by atoms with Gasteiger partial charge in [-0.3, -0.25) is 14.5 Å². The molecule has 2 aromatic rings. The molecular formula is C17H20N6O2. The smallest absolute Gasteiger partial charge is 0.262 e. The molecule has 2 amide bonds. The number of rotatable bonds is 4. The molecule has 4 rings (SSSR count). The van der Waals surface area contributed by atoms with E-state index in [1.165, 1.54) is 15.9 Å². The van der Waals surface area contributed by atoms with Crippen LogP contribution in [0.5, 0.6) is 0 Å². The Labute approximate surface area is 145 Å². The number of imide groups is 1. The van der Waals surface area contributed by atoms with Crippen molar-refractivity contribution in [2.24, 2.45) is 5.92 Å². The van der Waals surface area contributed by atoms with Crippen molar-refractivity contribution in [3.05, 3.63) is 36.2 Å². The van der Waals surface area contributed by atoms with Crippen LogP contribution >= 0.6 is 0 Å². The SMILES string of the molecule is O=C(c1ccccc1-n1cnnn1)N(C(=O)C1CCCNC1)C1CC1.